The van der Waals surface area contributed by atoms with E-state index < -0.39 is 0 Å². The van der Waals surface area contributed by atoms with Gasteiger partial charge in [-0.1, -0.05) is 41.4 Å². The van der Waals surface area contributed by atoms with Crippen molar-refractivity contribution in [3.63, 3.8) is 0 Å². The number of carbonyl (C=O) groups excluding carboxylic acids is 1. The molecule has 0 aliphatic carbocycles. The highest BCUT2D eigenvalue weighted by Gasteiger charge is 2.06. The van der Waals surface area contributed by atoms with Gasteiger partial charge in [0, 0.05) is 11.6 Å². The maximum Gasteiger partial charge on any atom is 0.283 e. The highest BCUT2D eigenvalue weighted by molar-refractivity contribution is 6.42. The maximum absolute atomic E-state index is 11.7. The highest BCUT2D eigenvalue weighted by Crippen LogP contribution is 2.25. The minimum Gasteiger partial charge on any atom is -0.379 e. The molecule has 0 fully saturated rings. The van der Waals surface area contributed by atoms with E-state index in [0.29, 0.717) is 21.4 Å². The van der Waals surface area contributed by atoms with Gasteiger partial charge in [0.15, 0.2) is 5.75 Å². The number of halogens is 2. The van der Waals surface area contributed by atoms with Crippen molar-refractivity contribution >= 4 is 29.1 Å². The molecule has 1 amide bonds. The van der Waals surface area contributed by atoms with Crippen molar-refractivity contribution in [1.29, 1.82) is 0 Å². The Hall–Kier alpha value is -1.71. The first-order valence-electron chi connectivity index (χ1n) is 5.14. The standard InChI is InChI=1S/C13H9Cl2NO2/c14-11-7-6-10(8-12(11)15)18-16-13(17)9-4-2-1-3-5-9/h1-8H,(H,16,17). The van der Waals surface area contributed by atoms with E-state index in [1.807, 2.05) is 6.07 Å². The number of hydrogen-bond donors (Lipinski definition) is 1. The molecule has 92 valence electrons. The van der Waals surface area contributed by atoms with E-state index in [1.165, 1.54) is 6.07 Å². The van der Waals surface area contributed by atoms with Crippen molar-refractivity contribution in [1.82, 2.24) is 5.48 Å². The van der Waals surface area contributed by atoms with Crippen molar-refractivity contribution in [3.8, 4) is 5.75 Å². The molecule has 0 spiro atoms. The average Bonchev–Trinajstić information content (AvgIpc) is 2.41. The zero-order valence-electron chi connectivity index (χ0n) is 9.19. The van der Waals surface area contributed by atoms with Crippen LogP contribution in [0.3, 0.4) is 0 Å². The third-order valence-corrected chi connectivity index (χ3v) is 2.93. The summed E-state index contributed by atoms with van der Waals surface area (Å²) in [4.78, 5) is 16.8. The molecule has 2 rings (SSSR count). The van der Waals surface area contributed by atoms with E-state index in [9.17, 15) is 4.79 Å². The summed E-state index contributed by atoms with van der Waals surface area (Å²) in [7, 11) is 0. The van der Waals surface area contributed by atoms with Crippen LogP contribution in [0.25, 0.3) is 0 Å². The lowest BCUT2D eigenvalue weighted by Crippen LogP contribution is -2.26. The van der Waals surface area contributed by atoms with Gasteiger partial charge in [-0.3, -0.25) is 4.79 Å². The van der Waals surface area contributed by atoms with Crippen LogP contribution in [0.5, 0.6) is 5.75 Å². The van der Waals surface area contributed by atoms with Crippen LogP contribution in [-0.4, -0.2) is 5.91 Å². The molecule has 0 aromatic heterocycles. The summed E-state index contributed by atoms with van der Waals surface area (Å²) in [5, 5.41) is 0.793. The van der Waals surface area contributed by atoms with Crippen LogP contribution < -0.4 is 10.3 Å². The van der Waals surface area contributed by atoms with Gasteiger partial charge in [-0.15, -0.1) is 0 Å². The zero-order valence-corrected chi connectivity index (χ0v) is 10.7. The Kier molecular flexibility index (Phi) is 4.07. The molecule has 0 atom stereocenters. The zero-order chi connectivity index (χ0) is 13.0. The minimum absolute atomic E-state index is 0.332. The summed E-state index contributed by atoms with van der Waals surface area (Å²) in [6.07, 6.45) is 0. The van der Waals surface area contributed by atoms with Gasteiger partial charge in [-0.2, -0.15) is 5.48 Å². The molecule has 0 radical (unpaired) electrons. The quantitative estimate of drug-likeness (QED) is 0.871. The van der Waals surface area contributed by atoms with Gasteiger partial charge in [0.25, 0.3) is 5.91 Å². The first-order valence-corrected chi connectivity index (χ1v) is 5.89. The Bertz CT molecular complexity index is 558. The normalized spacial score (nSPS) is 9.89. The van der Waals surface area contributed by atoms with E-state index in [-0.39, 0.29) is 5.91 Å². The van der Waals surface area contributed by atoms with Crippen LogP contribution in [0.2, 0.25) is 10.0 Å². The number of hydroxylamine groups is 1. The molecule has 0 heterocycles. The fraction of sp³-hybridized carbons (Fsp3) is 0. The number of hydrogen-bond acceptors (Lipinski definition) is 2. The molecule has 2 aromatic carbocycles. The molecule has 2 aromatic rings. The van der Waals surface area contributed by atoms with Crippen LogP contribution in [0.15, 0.2) is 48.5 Å². The number of carbonyl (C=O) groups is 1. The van der Waals surface area contributed by atoms with Crippen LogP contribution in [0.1, 0.15) is 10.4 Å². The summed E-state index contributed by atoms with van der Waals surface area (Å²) in [6, 6.07) is 13.5. The van der Waals surface area contributed by atoms with Crippen molar-refractivity contribution in [2.75, 3.05) is 0 Å². The lowest BCUT2D eigenvalue weighted by molar-refractivity contribution is 0.0760. The van der Waals surface area contributed by atoms with Crippen molar-refractivity contribution in [2.45, 2.75) is 0 Å². The summed E-state index contributed by atoms with van der Waals surface area (Å²) in [5.41, 5.74) is 2.83. The molecule has 5 heteroatoms. The Balaban J connectivity index is 1.99. The third kappa shape index (κ3) is 3.15. The summed E-state index contributed by atoms with van der Waals surface area (Å²) in [5.74, 6) is 0.0790. The second kappa shape index (κ2) is 5.76. The largest absolute Gasteiger partial charge is 0.379 e. The molecular formula is C13H9Cl2NO2. The number of amides is 1. The molecule has 0 saturated carbocycles. The topological polar surface area (TPSA) is 38.3 Å². The number of nitrogens with one attached hydrogen (secondary N) is 1. The van der Waals surface area contributed by atoms with E-state index in [4.69, 9.17) is 28.0 Å². The smallest absolute Gasteiger partial charge is 0.283 e. The second-order valence-corrected chi connectivity index (χ2v) is 4.29. The summed E-state index contributed by atoms with van der Waals surface area (Å²) >= 11 is 11.6. The molecular weight excluding hydrogens is 273 g/mol. The minimum atomic E-state index is -0.332. The summed E-state index contributed by atoms with van der Waals surface area (Å²) < 4.78 is 0. The first-order chi connectivity index (χ1) is 8.66. The molecule has 0 aliphatic rings. The third-order valence-electron chi connectivity index (χ3n) is 2.19. The lowest BCUT2D eigenvalue weighted by atomic mass is 10.2. The van der Waals surface area contributed by atoms with Gasteiger partial charge in [0.1, 0.15) is 0 Å². The van der Waals surface area contributed by atoms with Gasteiger partial charge in [-0.05, 0) is 24.3 Å². The second-order valence-electron chi connectivity index (χ2n) is 3.48. The first kappa shape index (κ1) is 12.7. The Labute approximate surface area is 114 Å². The van der Waals surface area contributed by atoms with Crippen LogP contribution in [0.4, 0.5) is 0 Å². The molecule has 0 saturated heterocycles. The molecule has 0 bridgehead atoms. The highest BCUT2D eigenvalue weighted by atomic mass is 35.5. The molecule has 0 aliphatic heterocycles. The molecule has 18 heavy (non-hydrogen) atoms. The predicted octanol–water partition coefficient (Wildman–Crippen LogP) is 3.72. The predicted molar refractivity (Wildman–Crippen MR) is 71.0 cm³/mol. The Morgan fingerprint density at radius 1 is 1.00 bits per heavy atom. The fourth-order valence-corrected chi connectivity index (χ4v) is 1.58. The molecule has 3 nitrogen and oxygen atoms in total. The van der Waals surface area contributed by atoms with Gasteiger partial charge in [0.2, 0.25) is 0 Å². The molecule has 1 N–H and O–H groups in total. The number of benzene rings is 2. The monoisotopic (exact) mass is 281 g/mol. The van der Waals surface area contributed by atoms with Gasteiger partial charge in [0.05, 0.1) is 10.0 Å². The van der Waals surface area contributed by atoms with E-state index >= 15 is 0 Å². The van der Waals surface area contributed by atoms with Crippen molar-refractivity contribution in [3.05, 3.63) is 64.1 Å². The van der Waals surface area contributed by atoms with E-state index in [1.54, 1.807) is 36.4 Å². The Morgan fingerprint density at radius 2 is 1.72 bits per heavy atom. The fourth-order valence-electron chi connectivity index (χ4n) is 1.29. The maximum atomic E-state index is 11.7. The van der Waals surface area contributed by atoms with Crippen molar-refractivity contribution in [2.24, 2.45) is 0 Å². The lowest BCUT2D eigenvalue weighted by Gasteiger charge is -2.07. The van der Waals surface area contributed by atoms with Gasteiger partial charge < -0.3 is 4.84 Å². The Morgan fingerprint density at radius 3 is 2.39 bits per heavy atom. The van der Waals surface area contributed by atoms with E-state index in [0.717, 1.165) is 0 Å². The number of rotatable bonds is 3. The SMILES string of the molecule is O=C(NOc1ccc(Cl)c(Cl)c1)c1ccccc1. The van der Waals surface area contributed by atoms with Crippen molar-refractivity contribution < 1.29 is 9.63 Å². The molecule has 0 unspecified atom stereocenters. The van der Waals surface area contributed by atoms with Gasteiger partial charge >= 0.3 is 0 Å². The van der Waals surface area contributed by atoms with E-state index in [2.05, 4.69) is 5.48 Å². The average molecular weight is 282 g/mol. The van der Waals surface area contributed by atoms with Gasteiger partial charge in [-0.25, -0.2) is 0 Å². The van der Waals surface area contributed by atoms with Crippen LogP contribution in [-0.2, 0) is 0 Å². The van der Waals surface area contributed by atoms with Crippen LogP contribution in [0, 0.1) is 0 Å². The summed E-state index contributed by atoms with van der Waals surface area (Å²) in [6.45, 7) is 0. The van der Waals surface area contributed by atoms with Crippen LogP contribution >= 0.6 is 23.2 Å².